The minimum Gasteiger partial charge on any atom is -0.488 e. The second-order valence-corrected chi connectivity index (χ2v) is 10.3. The highest BCUT2D eigenvalue weighted by molar-refractivity contribution is 6.03. The molecule has 1 fully saturated rings. The molecule has 2 aromatic carbocycles. The highest BCUT2D eigenvalue weighted by Crippen LogP contribution is 2.50. The molecule has 9 nitrogen and oxygen atoms in total. The maximum atomic E-state index is 13.4. The zero-order chi connectivity index (χ0) is 32.0. The third-order valence-electron chi connectivity index (χ3n) is 7.91. The van der Waals surface area contributed by atoms with Crippen LogP contribution in [0.5, 0.6) is 5.75 Å². The van der Waals surface area contributed by atoms with Gasteiger partial charge in [-0.2, -0.15) is 0 Å². The molecule has 1 saturated heterocycles. The number of nitrogens with zero attached hydrogens (tertiary/aromatic N) is 1. The van der Waals surface area contributed by atoms with Crippen molar-refractivity contribution < 1.29 is 38.4 Å². The van der Waals surface area contributed by atoms with Gasteiger partial charge in [0.15, 0.2) is 0 Å². The van der Waals surface area contributed by atoms with Gasteiger partial charge in [0.25, 0.3) is 0 Å². The molecule has 0 bridgehead atoms. The lowest BCUT2D eigenvalue weighted by Gasteiger charge is -2.47. The van der Waals surface area contributed by atoms with E-state index in [-0.39, 0.29) is 43.9 Å². The minimum atomic E-state index is -0.894. The van der Waals surface area contributed by atoms with Gasteiger partial charge in [-0.1, -0.05) is 74.7 Å². The molecule has 0 spiro atoms. The van der Waals surface area contributed by atoms with E-state index in [2.05, 4.69) is 26.0 Å². The summed E-state index contributed by atoms with van der Waals surface area (Å²) in [6, 6.07) is 13.2. The molecule has 0 saturated carbocycles. The third kappa shape index (κ3) is 5.64. The molecule has 228 valence electrons. The molecule has 3 unspecified atom stereocenters. The molecule has 1 N–H and O–H groups in total. The van der Waals surface area contributed by atoms with Crippen LogP contribution < -0.4 is 4.74 Å². The van der Waals surface area contributed by atoms with Crippen molar-refractivity contribution >= 4 is 23.6 Å². The first-order valence-electron chi connectivity index (χ1n) is 14.1. The number of hydrogen-bond donors (Lipinski definition) is 1. The van der Waals surface area contributed by atoms with Crippen molar-refractivity contribution in [2.75, 3.05) is 26.4 Å². The molecule has 5 rings (SSSR count). The van der Waals surface area contributed by atoms with E-state index in [1.165, 1.54) is 17.1 Å². The van der Waals surface area contributed by atoms with Gasteiger partial charge in [-0.05, 0) is 35.3 Å². The zero-order valence-corrected chi connectivity index (χ0v) is 24.7. The average Bonchev–Trinajstić information content (AvgIpc) is 3.48. The van der Waals surface area contributed by atoms with Gasteiger partial charge in [0.2, 0.25) is 5.91 Å². The maximum Gasteiger partial charge on any atom is 0.508 e. The molecule has 1 amide bonds. The number of esters is 1. The summed E-state index contributed by atoms with van der Waals surface area (Å²) in [5, 5.41) is 9.66. The minimum absolute atomic E-state index is 0.0105. The van der Waals surface area contributed by atoms with E-state index in [9.17, 15) is 19.5 Å². The highest BCUT2D eigenvalue weighted by atomic mass is 16.7. The molecule has 9 heteroatoms. The number of ether oxygens (including phenoxy) is 4. The molecule has 0 aromatic heterocycles. The number of aliphatic hydroxyl groups excluding tert-OH is 1. The van der Waals surface area contributed by atoms with Crippen LogP contribution in [0.15, 0.2) is 85.1 Å². The van der Waals surface area contributed by atoms with Crippen LogP contribution in [0, 0.1) is 24.7 Å². The average molecular weight is 598 g/mol. The number of β-lactam (4-membered cyclic amide) rings is 1. The van der Waals surface area contributed by atoms with Gasteiger partial charge in [-0.25, -0.2) is 9.59 Å². The SMILES string of the molecule is C#C.C=CCOC(=O)O[C@H](C)C1C(=O)N2C(C(=O)OCC=C)=C(COc3cccc4c3-c3ccccc3/C4=C\CO)C(C)C12. The summed E-state index contributed by atoms with van der Waals surface area (Å²) < 4.78 is 22.0. The van der Waals surface area contributed by atoms with Crippen molar-refractivity contribution in [3.63, 3.8) is 0 Å². The lowest BCUT2D eigenvalue weighted by atomic mass is 9.77. The fourth-order valence-electron chi connectivity index (χ4n) is 6.10. The number of terminal acetylenes is 1. The van der Waals surface area contributed by atoms with E-state index in [1.807, 2.05) is 49.4 Å². The summed E-state index contributed by atoms with van der Waals surface area (Å²) >= 11 is 0. The summed E-state index contributed by atoms with van der Waals surface area (Å²) in [5.74, 6) is -1.34. The third-order valence-corrected chi connectivity index (χ3v) is 7.91. The number of carbonyl (C=O) groups excluding carboxylic acids is 3. The second-order valence-electron chi connectivity index (χ2n) is 10.3. The predicted octanol–water partition coefficient (Wildman–Crippen LogP) is 4.91. The summed E-state index contributed by atoms with van der Waals surface area (Å²) in [4.78, 5) is 40.1. The molecular weight excluding hydrogens is 562 g/mol. The van der Waals surface area contributed by atoms with E-state index in [4.69, 9.17) is 18.9 Å². The topological polar surface area (TPSA) is 112 Å². The van der Waals surface area contributed by atoms with Crippen molar-refractivity contribution in [1.82, 2.24) is 4.90 Å². The molecule has 1 aliphatic carbocycles. The van der Waals surface area contributed by atoms with Crippen molar-refractivity contribution in [3.8, 4) is 29.7 Å². The number of hydrogen-bond acceptors (Lipinski definition) is 8. The second kappa shape index (κ2) is 13.9. The van der Waals surface area contributed by atoms with E-state index in [1.54, 1.807) is 13.0 Å². The van der Waals surface area contributed by atoms with E-state index in [0.29, 0.717) is 11.3 Å². The largest absolute Gasteiger partial charge is 0.508 e. The quantitative estimate of drug-likeness (QED) is 0.144. The Morgan fingerprint density at radius 3 is 2.36 bits per heavy atom. The Morgan fingerprint density at radius 2 is 1.68 bits per heavy atom. The van der Waals surface area contributed by atoms with Gasteiger partial charge in [-0.3, -0.25) is 4.79 Å². The Labute approximate surface area is 257 Å². The van der Waals surface area contributed by atoms with Crippen LogP contribution in [0.3, 0.4) is 0 Å². The fraction of sp³-hybridized carbons (Fsp3) is 0.286. The first-order valence-corrected chi connectivity index (χ1v) is 14.1. The number of rotatable bonds is 11. The van der Waals surface area contributed by atoms with Crippen molar-refractivity contribution in [2.45, 2.75) is 26.0 Å². The molecule has 3 aliphatic rings. The van der Waals surface area contributed by atoms with E-state index < -0.39 is 30.2 Å². The number of amides is 1. The smallest absolute Gasteiger partial charge is 0.488 e. The van der Waals surface area contributed by atoms with Crippen LogP contribution >= 0.6 is 0 Å². The summed E-state index contributed by atoms with van der Waals surface area (Å²) in [6.07, 6.45) is 11.0. The van der Waals surface area contributed by atoms with Gasteiger partial charge in [0.1, 0.15) is 37.4 Å². The monoisotopic (exact) mass is 597 g/mol. The maximum absolute atomic E-state index is 13.4. The number of aliphatic hydroxyl groups is 1. The first kappa shape index (κ1) is 31.9. The molecule has 44 heavy (non-hydrogen) atoms. The molecule has 0 radical (unpaired) electrons. The molecule has 2 aromatic rings. The normalized spacial score (nSPS) is 20.7. The van der Waals surface area contributed by atoms with Crippen LogP contribution in [-0.4, -0.2) is 66.6 Å². The van der Waals surface area contributed by atoms with Crippen LogP contribution in [0.2, 0.25) is 0 Å². The lowest BCUT2D eigenvalue weighted by molar-refractivity contribution is -0.164. The Bertz CT molecular complexity index is 1550. The Hall–Kier alpha value is -5.07. The van der Waals surface area contributed by atoms with Gasteiger partial charge in [0, 0.05) is 17.1 Å². The molecule has 4 atom stereocenters. The Balaban J connectivity index is 0.00000216. The molecule has 2 heterocycles. The number of benzene rings is 2. The van der Waals surface area contributed by atoms with E-state index in [0.717, 1.165) is 27.8 Å². The van der Waals surface area contributed by atoms with Crippen molar-refractivity contribution in [2.24, 2.45) is 11.8 Å². The first-order chi connectivity index (χ1) is 21.3. The summed E-state index contributed by atoms with van der Waals surface area (Å²) in [7, 11) is 0. The lowest BCUT2D eigenvalue weighted by Crippen LogP contribution is -2.64. The Morgan fingerprint density at radius 1 is 1.02 bits per heavy atom. The van der Waals surface area contributed by atoms with Crippen molar-refractivity contribution in [1.29, 1.82) is 0 Å². The standard InChI is InChI=1S/C33H33NO8.C2H2/c1-5-16-39-32(37)30-25(19(3)29-27(31(36)34(29)30)20(4)42-33(38)40-17-6-2)18-41-26-13-9-12-24-22(14-15-35)21-10-7-8-11-23(21)28(24)26;1-2/h5-14,19-20,27,29,35H,1-2,15-18H2,3-4H3;1-2H/b22-14+;/t19?,20-,27?,29?;/m1./s1. The number of fused-ring (bicyclic) bond motifs is 4. The molecular formula is C35H35NO8. The van der Waals surface area contributed by atoms with Crippen molar-refractivity contribution in [3.05, 3.63) is 96.2 Å². The van der Waals surface area contributed by atoms with Crippen LogP contribution in [-0.2, 0) is 23.8 Å². The van der Waals surface area contributed by atoms with Crippen LogP contribution in [0.25, 0.3) is 16.7 Å². The Kier molecular flexibility index (Phi) is 10.1. The summed E-state index contributed by atoms with van der Waals surface area (Å²) in [6.45, 7) is 10.6. The van der Waals surface area contributed by atoms with Gasteiger partial charge >= 0.3 is 12.1 Å². The van der Waals surface area contributed by atoms with Gasteiger partial charge in [0.05, 0.1) is 18.6 Å². The molecule has 2 aliphatic heterocycles. The van der Waals surface area contributed by atoms with Gasteiger partial charge in [-0.15, -0.1) is 12.8 Å². The van der Waals surface area contributed by atoms with Gasteiger partial charge < -0.3 is 29.0 Å². The highest BCUT2D eigenvalue weighted by Gasteiger charge is 2.61. The fourth-order valence-corrected chi connectivity index (χ4v) is 6.10. The van der Waals surface area contributed by atoms with Crippen LogP contribution in [0.1, 0.15) is 25.0 Å². The van der Waals surface area contributed by atoms with Crippen LogP contribution in [0.4, 0.5) is 4.79 Å². The number of carbonyl (C=O) groups is 3. The predicted molar refractivity (Wildman–Crippen MR) is 165 cm³/mol. The van der Waals surface area contributed by atoms with E-state index >= 15 is 0 Å². The summed E-state index contributed by atoms with van der Waals surface area (Å²) in [5.41, 5.74) is 5.50. The zero-order valence-electron chi connectivity index (χ0n) is 24.7.